The molecule has 0 unspecified atom stereocenters. The molecule has 1 aromatic carbocycles. The molecule has 0 radical (unpaired) electrons. The number of carbonyl (C=O) groups is 1. The highest BCUT2D eigenvalue weighted by Gasteiger charge is 2.14. The zero-order valence-corrected chi connectivity index (χ0v) is 13.2. The van der Waals surface area contributed by atoms with Crippen molar-refractivity contribution < 1.29 is 4.79 Å². The number of nitrogens with one attached hydrogen (secondary N) is 1. The third-order valence-electron chi connectivity index (χ3n) is 3.48. The van der Waals surface area contributed by atoms with Crippen molar-refractivity contribution in [3.05, 3.63) is 78.6 Å². The Labute approximate surface area is 140 Å². The summed E-state index contributed by atoms with van der Waals surface area (Å²) in [6, 6.07) is 12.7. The van der Waals surface area contributed by atoms with Crippen molar-refractivity contribution in [1.82, 2.24) is 14.5 Å². The quantitative estimate of drug-likeness (QED) is 0.756. The third-order valence-corrected chi connectivity index (χ3v) is 3.48. The van der Waals surface area contributed by atoms with Crippen LogP contribution >= 0.6 is 0 Å². The summed E-state index contributed by atoms with van der Waals surface area (Å²) in [4.78, 5) is 20.4. The highest BCUT2D eigenvalue weighted by Crippen LogP contribution is 2.13. The van der Waals surface area contributed by atoms with E-state index in [1.807, 2.05) is 49.4 Å². The van der Waals surface area contributed by atoms with Gasteiger partial charge in [0, 0.05) is 29.8 Å². The van der Waals surface area contributed by atoms with Crippen LogP contribution in [0.2, 0.25) is 0 Å². The summed E-state index contributed by atoms with van der Waals surface area (Å²) in [7, 11) is 0. The fraction of sp³-hybridized carbons (Fsp3) is 0.105. The van der Waals surface area contributed by atoms with Crippen LogP contribution in [-0.2, 0) is 4.79 Å². The predicted octanol–water partition coefficient (Wildman–Crippen LogP) is 2.88. The van der Waals surface area contributed by atoms with Gasteiger partial charge in [-0.25, -0.2) is 9.97 Å². The van der Waals surface area contributed by atoms with Crippen molar-refractivity contribution >= 4 is 11.6 Å². The minimum Gasteiger partial charge on any atom is -0.325 e. The monoisotopic (exact) mass is 316 g/mol. The number of imidazole rings is 1. The molecule has 5 nitrogen and oxygen atoms in total. The van der Waals surface area contributed by atoms with E-state index in [1.165, 1.54) is 0 Å². The molecule has 0 aliphatic heterocycles. The van der Waals surface area contributed by atoms with E-state index in [9.17, 15) is 4.79 Å². The van der Waals surface area contributed by atoms with Crippen LogP contribution in [0, 0.1) is 11.8 Å². The van der Waals surface area contributed by atoms with Crippen molar-refractivity contribution in [1.29, 1.82) is 0 Å². The minimum atomic E-state index is -0.337. The molecule has 0 spiro atoms. The average Bonchev–Trinajstić information content (AvgIpc) is 3.15. The molecule has 0 bridgehead atoms. The average molecular weight is 316 g/mol. The summed E-state index contributed by atoms with van der Waals surface area (Å²) in [6.07, 6.45) is 6.74. The van der Waals surface area contributed by atoms with Crippen molar-refractivity contribution in [2.24, 2.45) is 0 Å². The second-order valence-corrected chi connectivity index (χ2v) is 5.22. The molecule has 0 aliphatic carbocycles. The molecule has 1 N–H and O–H groups in total. The normalized spacial score (nSPS) is 11.2. The first-order chi connectivity index (χ1) is 11.7. The zero-order chi connectivity index (χ0) is 16.8. The maximum atomic E-state index is 12.3. The predicted molar refractivity (Wildman–Crippen MR) is 92.2 cm³/mol. The molecule has 0 aliphatic rings. The van der Waals surface area contributed by atoms with Crippen LogP contribution in [0.3, 0.4) is 0 Å². The highest BCUT2D eigenvalue weighted by atomic mass is 16.2. The van der Waals surface area contributed by atoms with Gasteiger partial charge in [-0.15, -0.1) is 0 Å². The molecular formula is C19H16N4O. The summed E-state index contributed by atoms with van der Waals surface area (Å²) < 4.78 is 1.75. The summed E-state index contributed by atoms with van der Waals surface area (Å²) >= 11 is 0. The Morgan fingerprint density at radius 3 is 2.83 bits per heavy atom. The Morgan fingerprint density at radius 1 is 1.17 bits per heavy atom. The van der Waals surface area contributed by atoms with Crippen molar-refractivity contribution in [3.8, 4) is 11.8 Å². The van der Waals surface area contributed by atoms with Crippen LogP contribution in [0.4, 0.5) is 5.69 Å². The van der Waals surface area contributed by atoms with Gasteiger partial charge in [0.05, 0.1) is 6.33 Å². The van der Waals surface area contributed by atoms with E-state index in [0.717, 1.165) is 5.56 Å². The number of carbonyl (C=O) groups excluding carboxylic acids is 1. The van der Waals surface area contributed by atoms with E-state index >= 15 is 0 Å². The summed E-state index contributed by atoms with van der Waals surface area (Å²) in [5.41, 5.74) is 2.23. The number of nitrogens with zero attached hydrogens (tertiary/aromatic N) is 3. The molecule has 2 heterocycles. The van der Waals surface area contributed by atoms with Gasteiger partial charge in [-0.1, -0.05) is 18.1 Å². The number of amides is 1. The lowest BCUT2D eigenvalue weighted by atomic mass is 10.2. The van der Waals surface area contributed by atoms with Crippen LogP contribution in [0.15, 0.2) is 67.4 Å². The largest absolute Gasteiger partial charge is 0.325 e. The second kappa shape index (κ2) is 7.25. The number of aromatic nitrogens is 3. The van der Waals surface area contributed by atoms with E-state index in [2.05, 4.69) is 27.1 Å². The van der Waals surface area contributed by atoms with Crippen LogP contribution in [0.25, 0.3) is 0 Å². The topological polar surface area (TPSA) is 59.8 Å². The van der Waals surface area contributed by atoms with Crippen molar-refractivity contribution in [2.45, 2.75) is 13.0 Å². The van der Waals surface area contributed by atoms with Crippen LogP contribution in [0.1, 0.15) is 24.2 Å². The van der Waals surface area contributed by atoms with Gasteiger partial charge in [-0.3, -0.25) is 4.79 Å². The molecule has 24 heavy (non-hydrogen) atoms. The van der Waals surface area contributed by atoms with Gasteiger partial charge >= 0.3 is 0 Å². The molecule has 1 amide bonds. The lowest BCUT2D eigenvalue weighted by molar-refractivity contribution is -0.118. The second-order valence-electron chi connectivity index (χ2n) is 5.22. The molecule has 3 aromatic rings. The van der Waals surface area contributed by atoms with Gasteiger partial charge in [-0.2, -0.15) is 0 Å². The first-order valence-electron chi connectivity index (χ1n) is 7.54. The molecule has 5 heteroatoms. The number of anilines is 1. The molecule has 118 valence electrons. The lowest BCUT2D eigenvalue weighted by Gasteiger charge is -2.13. The van der Waals surface area contributed by atoms with Crippen molar-refractivity contribution in [2.75, 3.05) is 5.32 Å². The standard InChI is InChI=1S/C19H16N4O/c1-15(23-12-11-20-14-23)19(24)22-18-7-4-5-16(13-18)8-9-17-6-2-3-10-21-17/h2-7,10-15H,1H3,(H,22,24)/t15-/m1/s1. The fourth-order valence-electron chi connectivity index (χ4n) is 2.13. The van der Waals surface area contributed by atoms with Gasteiger partial charge in [0.2, 0.25) is 5.91 Å². The summed E-state index contributed by atoms with van der Waals surface area (Å²) in [6.45, 7) is 1.82. The molecule has 0 fully saturated rings. The van der Waals surface area contributed by atoms with E-state index in [0.29, 0.717) is 11.4 Å². The Kier molecular flexibility index (Phi) is 4.68. The molecule has 2 aromatic heterocycles. The first kappa shape index (κ1) is 15.5. The van der Waals surface area contributed by atoms with E-state index in [4.69, 9.17) is 0 Å². The number of hydrogen-bond acceptors (Lipinski definition) is 3. The third kappa shape index (κ3) is 3.87. The Bertz CT molecular complexity index is 876. The minimum absolute atomic E-state index is 0.108. The molecule has 3 rings (SSSR count). The van der Waals surface area contributed by atoms with Gasteiger partial charge in [0.25, 0.3) is 0 Å². The number of benzene rings is 1. The zero-order valence-electron chi connectivity index (χ0n) is 13.2. The van der Waals surface area contributed by atoms with Gasteiger partial charge in [0.1, 0.15) is 11.7 Å². The summed E-state index contributed by atoms with van der Waals surface area (Å²) in [5, 5.41) is 2.90. The highest BCUT2D eigenvalue weighted by molar-refractivity contribution is 5.93. The fourth-order valence-corrected chi connectivity index (χ4v) is 2.13. The van der Waals surface area contributed by atoms with Gasteiger partial charge < -0.3 is 9.88 Å². The first-order valence-corrected chi connectivity index (χ1v) is 7.54. The summed E-state index contributed by atoms with van der Waals surface area (Å²) in [5.74, 6) is 5.94. The van der Waals surface area contributed by atoms with Crippen molar-refractivity contribution in [3.63, 3.8) is 0 Å². The maximum Gasteiger partial charge on any atom is 0.247 e. The molecule has 0 saturated heterocycles. The smallest absolute Gasteiger partial charge is 0.247 e. The lowest BCUT2D eigenvalue weighted by Crippen LogP contribution is -2.22. The number of pyridine rings is 1. The van der Waals surface area contributed by atoms with Gasteiger partial charge in [0.15, 0.2) is 0 Å². The number of hydrogen-bond donors (Lipinski definition) is 1. The SMILES string of the molecule is C[C@H](C(=O)Nc1cccc(C#Cc2ccccn2)c1)n1ccnc1. The Balaban J connectivity index is 1.72. The molecular weight excluding hydrogens is 300 g/mol. The van der Waals surface area contributed by atoms with E-state index < -0.39 is 0 Å². The van der Waals surface area contributed by atoms with Gasteiger partial charge in [-0.05, 0) is 43.2 Å². The van der Waals surface area contributed by atoms with Crippen LogP contribution in [-0.4, -0.2) is 20.4 Å². The maximum absolute atomic E-state index is 12.3. The van der Waals surface area contributed by atoms with E-state index in [1.54, 1.807) is 29.5 Å². The number of rotatable bonds is 3. The van der Waals surface area contributed by atoms with Crippen LogP contribution < -0.4 is 5.32 Å². The van der Waals surface area contributed by atoms with E-state index in [-0.39, 0.29) is 11.9 Å². The Hall–Kier alpha value is -3.39. The molecule has 0 saturated carbocycles. The molecule has 1 atom stereocenters. The van der Waals surface area contributed by atoms with Crippen LogP contribution in [0.5, 0.6) is 0 Å². The Morgan fingerprint density at radius 2 is 2.08 bits per heavy atom.